The van der Waals surface area contributed by atoms with Crippen molar-refractivity contribution in [1.29, 1.82) is 0 Å². The van der Waals surface area contributed by atoms with Crippen molar-refractivity contribution in [1.82, 2.24) is 4.98 Å². The fraction of sp³-hybridized carbons (Fsp3) is 0.176. The number of nitrogens with zero attached hydrogens (tertiary/aromatic N) is 1. The topological polar surface area (TPSA) is 56.0 Å². The highest BCUT2D eigenvalue weighted by atomic mass is 32.1. The van der Waals surface area contributed by atoms with E-state index in [2.05, 4.69) is 4.98 Å². The molecule has 2 aromatic carbocycles. The van der Waals surface area contributed by atoms with Crippen molar-refractivity contribution in [3.63, 3.8) is 0 Å². The number of fused-ring (bicyclic) bond motifs is 1. The molecule has 3 aromatic rings. The second-order valence-corrected chi connectivity index (χ2v) is 6.15. The molecule has 0 spiro atoms. The zero-order chi connectivity index (χ0) is 14.7. The average molecular weight is 296 g/mol. The Morgan fingerprint density at radius 1 is 1.14 bits per heavy atom. The maximum Gasteiger partial charge on any atom is 0.140 e. The summed E-state index contributed by atoms with van der Waals surface area (Å²) >= 11 is 1.60. The van der Waals surface area contributed by atoms with E-state index in [-0.39, 0.29) is 5.78 Å². The van der Waals surface area contributed by atoms with E-state index in [0.29, 0.717) is 12.8 Å². The van der Waals surface area contributed by atoms with Gasteiger partial charge in [-0.25, -0.2) is 4.98 Å². The molecule has 0 unspecified atom stereocenters. The number of nitrogen functional groups attached to an aromatic ring is 1. The van der Waals surface area contributed by atoms with E-state index >= 15 is 0 Å². The predicted molar refractivity (Wildman–Crippen MR) is 87.5 cm³/mol. The first kappa shape index (κ1) is 13.8. The summed E-state index contributed by atoms with van der Waals surface area (Å²) in [6.07, 6.45) is 1.68. The summed E-state index contributed by atoms with van der Waals surface area (Å²) in [6, 6.07) is 15.7. The van der Waals surface area contributed by atoms with E-state index in [9.17, 15) is 4.79 Å². The first-order valence-electron chi connectivity index (χ1n) is 6.91. The molecule has 4 heteroatoms. The number of anilines is 1. The number of aryl methyl sites for hydroxylation is 1. The van der Waals surface area contributed by atoms with Gasteiger partial charge in [0.25, 0.3) is 0 Å². The number of carbonyl (C=O) groups excluding carboxylic acids is 1. The number of rotatable bonds is 5. The van der Waals surface area contributed by atoms with E-state index in [1.165, 1.54) is 0 Å². The molecule has 1 heterocycles. The molecule has 0 aliphatic rings. The van der Waals surface area contributed by atoms with E-state index in [1.807, 2.05) is 48.5 Å². The molecular formula is C17H16N2OS. The van der Waals surface area contributed by atoms with Crippen molar-refractivity contribution in [2.45, 2.75) is 19.3 Å². The maximum atomic E-state index is 12.1. The summed E-state index contributed by atoms with van der Waals surface area (Å²) in [4.78, 5) is 16.6. The van der Waals surface area contributed by atoms with Gasteiger partial charge in [0.1, 0.15) is 10.8 Å². The number of ketones is 1. The van der Waals surface area contributed by atoms with Crippen LogP contribution in [0.1, 0.15) is 17.0 Å². The van der Waals surface area contributed by atoms with Gasteiger partial charge in [-0.05, 0) is 36.2 Å². The van der Waals surface area contributed by atoms with Crippen LogP contribution in [0.2, 0.25) is 0 Å². The molecule has 0 radical (unpaired) electrons. The van der Waals surface area contributed by atoms with Gasteiger partial charge in [-0.2, -0.15) is 0 Å². The lowest BCUT2D eigenvalue weighted by molar-refractivity contribution is -0.118. The zero-order valence-corrected chi connectivity index (χ0v) is 12.4. The van der Waals surface area contributed by atoms with Crippen molar-refractivity contribution in [2.75, 3.05) is 5.73 Å². The molecule has 0 fully saturated rings. The van der Waals surface area contributed by atoms with Crippen molar-refractivity contribution in [2.24, 2.45) is 0 Å². The van der Waals surface area contributed by atoms with Crippen molar-refractivity contribution < 1.29 is 4.79 Å². The molecule has 2 N–H and O–H groups in total. The van der Waals surface area contributed by atoms with Crippen LogP contribution in [0.15, 0.2) is 48.5 Å². The average Bonchev–Trinajstić information content (AvgIpc) is 2.87. The normalized spacial score (nSPS) is 10.9. The molecule has 0 atom stereocenters. The van der Waals surface area contributed by atoms with Crippen LogP contribution in [0.3, 0.4) is 0 Å². The number of benzene rings is 2. The Morgan fingerprint density at radius 3 is 2.81 bits per heavy atom. The minimum atomic E-state index is 0.219. The van der Waals surface area contributed by atoms with Gasteiger partial charge in [-0.15, -0.1) is 11.3 Å². The fourth-order valence-electron chi connectivity index (χ4n) is 2.28. The number of nitrogens with two attached hydrogens (primary N) is 1. The third-order valence-corrected chi connectivity index (χ3v) is 4.37. The van der Waals surface area contributed by atoms with Crippen LogP contribution in [0.25, 0.3) is 10.2 Å². The molecule has 3 rings (SSSR count). The smallest absolute Gasteiger partial charge is 0.140 e. The third-order valence-electron chi connectivity index (χ3n) is 3.33. The highest BCUT2D eigenvalue weighted by Gasteiger charge is 2.09. The zero-order valence-electron chi connectivity index (χ0n) is 11.6. The summed E-state index contributed by atoms with van der Waals surface area (Å²) in [5.74, 6) is 0.219. The van der Waals surface area contributed by atoms with Crippen LogP contribution in [0.4, 0.5) is 5.69 Å². The third kappa shape index (κ3) is 3.47. The number of hydrogen-bond donors (Lipinski definition) is 1. The number of hydrogen-bond acceptors (Lipinski definition) is 4. The number of carbonyl (C=O) groups is 1. The van der Waals surface area contributed by atoms with E-state index in [0.717, 1.165) is 32.9 Å². The molecule has 106 valence electrons. The maximum absolute atomic E-state index is 12.1. The van der Waals surface area contributed by atoms with Crippen molar-refractivity contribution >= 4 is 33.0 Å². The molecule has 0 saturated heterocycles. The summed E-state index contributed by atoms with van der Waals surface area (Å²) in [6.45, 7) is 0. The Bertz CT molecular complexity index is 746. The Morgan fingerprint density at radius 2 is 2.00 bits per heavy atom. The van der Waals surface area contributed by atoms with Crippen LogP contribution in [0.5, 0.6) is 0 Å². The lowest BCUT2D eigenvalue weighted by Gasteiger charge is -2.01. The molecule has 1 aromatic heterocycles. The Hall–Kier alpha value is -2.20. The standard InChI is InChI=1S/C17H16N2OS/c18-13-5-3-4-12(10-13)8-9-14(20)11-17-19-15-6-1-2-7-16(15)21-17/h1-7,10H,8-9,11,18H2. The largest absolute Gasteiger partial charge is 0.399 e. The quantitative estimate of drug-likeness (QED) is 0.732. The second-order valence-electron chi connectivity index (χ2n) is 5.04. The molecule has 0 saturated carbocycles. The molecular weight excluding hydrogens is 280 g/mol. The van der Waals surface area contributed by atoms with E-state index in [4.69, 9.17) is 5.73 Å². The highest BCUT2D eigenvalue weighted by molar-refractivity contribution is 7.18. The highest BCUT2D eigenvalue weighted by Crippen LogP contribution is 2.22. The van der Waals surface area contributed by atoms with Crippen LogP contribution < -0.4 is 5.73 Å². The summed E-state index contributed by atoms with van der Waals surface area (Å²) in [5.41, 5.74) is 8.56. The Kier molecular flexibility index (Phi) is 3.97. The molecule has 3 nitrogen and oxygen atoms in total. The molecule has 0 aliphatic carbocycles. The lowest BCUT2D eigenvalue weighted by atomic mass is 10.1. The van der Waals surface area contributed by atoms with Crippen LogP contribution in [-0.4, -0.2) is 10.8 Å². The summed E-state index contributed by atoms with van der Waals surface area (Å²) in [5, 5.41) is 0.897. The van der Waals surface area contributed by atoms with E-state index in [1.54, 1.807) is 11.3 Å². The minimum Gasteiger partial charge on any atom is -0.399 e. The van der Waals surface area contributed by atoms with E-state index < -0.39 is 0 Å². The SMILES string of the molecule is Nc1cccc(CCC(=O)Cc2nc3ccccc3s2)c1. The Labute approximate surface area is 127 Å². The number of para-hydroxylation sites is 1. The van der Waals surface area contributed by atoms with Gasteiger partial charge in [-0.3, -0.25) is 4.79 Å². The Balaban J connectivity index is 1.61. The number of thiazole rings is 1. The van der Waals surface area contributed by atoms with Crippen LogP contribution in [-0.2, 0) is 17.6 Å². The fourth-order valence-corrected chi connectivity index (χ4v) is 3.28. The van der Waals surface area contributed by atoms with Gasteiger partial charge >= 0.3 is 0 Å². The lowest BCUT2D eigenvalue weighted by Crippen LogP contribution is -2.04. The first-order chi connectivity index (χ1) is 10.2. The van der Waals surface area contributed by atoms with Crippen molar-refractivity contribution in [3.05, 3.63) is 59.1 Å². The molecule has 0 aliphatic heterocycles. The van der Waals surface area contributed by atoms with Gasteiger partial charge in [0.2, 0.25) is 0 Å². The van der Waals surface area contributed by atoms with Crippen LogP contribution in [0, 0.1) is 0 Å². The van der Waals surface area contributed by atoms with Crippen LogP contribution >= 0.6 is 11.3 Å². The summed E-state index contributed by atoms with van der Waals surface area (Å²) in [7, 11) is 0. The number of Topliss-reactive ketones (excluding diaryl/α,β-unsaturated/α-hetero) is 1. The van der Waals surface area contributed by atoms with Gasteiger partial charge in [0.05, 0.1) is 16.6 Å². The van der Waals surface area contributed by atoms with Gasteiger partial charge in [0.15, 0.2) is 0 Å². The molecule has 21 heavy (non-hydrogen) atoms. The first-order valence-corrected chi connectivity index (χ1v) is 7.73. The summed E-state index contributed by atoms with van der Waals surface area (Å²) < 4.78 is 1.14. The van der Waals surface area contributed by atoms with Crippen molar-refractivity contribution in [3.8, 4) is 0 Å². The minimum absolute atomic E-state index is 0.219. The van der Waals surface area contributed by atoms with Gasteiger partial charge < -0.3 is 5.73 Å². The monoisotopic (exact) mass is 296 g/mol. The molecule has 0 amide bonds. The number of aromatic nitrogens is 1. The predicted octanol–water partition coefficient (Wildman–Crippen LogP) is 3.62. The second kappa shape index (κ2) is 6.06. The van der Waals surface area contributed by atoms with Gasteiger partial charge in [0, 0.05) is 12.1 Å². The molecule has 0 bridgehead atoms. The van der Waals surface area contributed by atoms with Gasteiger partial charge in [-0.1, -0.05) is 24.3 Å².